The third kappa shape index (κ3) is 1.43. The third-order valence-corrected chi connectivity index (χ3v) is 1.15. The predicted molar refractivity (Wildman–Crippen MR) is 37.7 cm³/mol. The highest BCUT2D eigenvalue weighted by Crippen LogP contribution is 2.02. The summed E-state index contributed by atoms with van der Waals surface area (Å²) in [5.41, 5.74) is 0.862. The molecule has 0 aliphatic heterocycles. The highest BCUT2D eigenvalue weighted by molar-refractivity contribution is 5.11. The summed E-state index contributed by atoms with van der Waals surface area (Å²) in [6.45, 7) is 1.91. The van der Waals surface area contributed by atoms with E-state index in [9.17, 15) is 0 Å². The molecule has 1 aromatic rings. The van der Waals surface area contributed by atoms with Gasteiger partial charge in [0.2, 0.25) is 5.88 Å². The number of aromatic nitrogens is 2. The van der Waals surface area contributed by atoms with E-state index in [2.05, 4.69) is 9.97 Å². The lowest BCUT2D eigenvalue weighted by molar-refractivity contribution is 0.395. The molecule has 3 nitrogen and oxygen atoms in total. The number of nitrogens with zero attached hydrogens (tertiary/aromatic N) is 2. The van der Waals surface area contributed by atoms with Gasteiger partial charge in [0.15, 0.2) is 0 Å². The molecule has 1 aromatic heterocycles. The van der Waals surface area contributed by atoms with Crippen molar-refractivity contribution in [3.63, 3.8) is 0 Å². The van der Waals surface area contributed by atoms with E-state index in [4.69, 9.17) is 4.74 Å². The van der Waals surface area contributed by atoms with E-state index in [-0.39, 0.29) is 0 Å². The van der Waals surface area contributed by atoms with E-state index in [0.717, 1.165) is 5.69 Å². The Morgan fingerprint density at radius 1 is 1.40 bits per heavy atom. The first-order valence-electron chi connectivity index (χ1n) is 3.02. The smallest absolute Gasteiger partial charge is 0.231 e. The molecule has 0 bridgehead atoms. The van der Waals surface area contributed by atoms with Gasteiger partial charge in [-0.05, 0) is 0 Å². The van der Waals surface area contributed by atoms with Crippen LogP contribution in [0.25, 0.3) is 0 Å². The largest absolute Gasteiger partial charge is 0.480 e. The lowest BCUT2D eigenvalue weighted by Gasteiger charge is -1.96. The van der Waals surface area contributed by atoms with Crippen LogP contribution in [-0.4, -0.2) is 17.1 Å². The van der Waals surface area contributed by atoms with Crippen molar-refractivity contribution in [2.45, 2.75) is 6.92 Å². The van der Waals surface area contributed by atoms with Crippen LogP contribution in [-0.2, 0) is 0 Å². The first kappa shape index (κ1) is 6.99. The summed E-state index contributed by atoms with van der Waals surface area (Å²) in [6.07, 6.45) is 5.14. The van der Waals surface area contributed by atoms with E-state index >= 15 is 0 Å². The van der Waals surface area contributed by atoms with Crippen molar-refractivity contribution in [2.24, 2.45) is 0 Å². The van der Waals surface area contributed by atoms with Crippen molar-refractivity contribution in [3.8, 4) is 5.88 Å². The molecule has 0 amide bonds. The van der Waals surface area contributed by atoms with Crippen molar-refractivity contribution in [1.29, 1.82) is 0 Å². The van der Waals surface area contributed by atoms with E-state index in [1.807, 2.05) is 13.3 Å². The molecule has 1 radical (unpaired) electrons. The average molecular weight is 137 g/mol. The fraction of sp³-hybridized carbons (Fsp3) is 0.286. The topological polar surface area (TPSA) is 35.0 Å². The van der Waals surface area contributed by atoms with Gasteiger partial charge < -0.3 is 4.74 Å². The number of hydrogen-bond acceptors (Lipinski definition) is 3. The SMILES string of the molecule is C[CH]c1cnc(OC)cn1. The van der Waals surface area contributed by atoms with E-state index in [0.29, 0.717) is 5.88 Å². The van der Waals surface area contributed by atoms with Gasteiger partial charge in [-0.25, -0.2) is 4.98 Å². The van der Waals surface area contributed by atoms with E-state index in [1.165, 1.54) is 0 Å². The van der Waals surface area contributed by atoms with Crippen molar-refractivity contribution < 1.29 is 4.74 Å². The van der Waals surface area contributed by atoms with Crippen molar-refractivity contribution in [3.05, 3.63) is 24.5 Å². The standard InChI is InChI=1S/C7H9N2O/c1-3-6-4-9-7(10-2)5-8-6/h3-5H,1-2H3. The van der Waals surface area contributed by atoms with Crippen molar-refractivity contribution in [2.75, 3.05) is 7.11 Å². The van der Waals surface area contributed by atoms with Crippen LogP contribution >= 0.6 is 0 Å². The Bertz CT molecular complexity index is 172. The van der Waals surface area contributed by atoms with Crippen LogP contribution in [0.15, 0.2) is 12.4 Å². The van der Waals surface area contributed by atoms with Gasteiger partial charge in [-0.2, -0.15) is 0 Å². The summed E-state index contributed by atoms with van der Waals surface area (Å²) in [4.78, 5) is 7.98. The molecule has 0 fully saturated rings. The van der Waals surface area contributed by atoms with Gasteiger partial charge in [0, 0.05) is 6.42 Å². The molecule has 53 valence electrons. The van der Waals surface area contributed by atoms with Crippen LogP contribution < -0.4 is 4.74 Å². The lowest BCUT2D eigenvalue weighted by atomic mass is 10.4. The summed E-state index contributed by atoms with van der Waals surface area (Å²) >= 11 is 0. The molecule has 0 aromatic carbocycles. The Kier molecular flexibility index (Phi) is 2.20. The van der Waals surface area contributed by atoms with Gasteiger partial charge >= 0.3 is 0 Å². The van der Waals surface area contributed by atoms with Crippen LogP contribution in [0.4, 0.5) is 0 Å². The number of methoxy groups -OCH3 is 1. The minimum absolute atomic E-state index is 0.547. The summed E-state index contributed by atoms with van der Waals surface area (Å²) in [5.74, 6) is 0.547. The van der Waals surface area contributed by atoms with Gasteiger partial charge in [0.25, 0.3) is 0 Å². The molecular weight excluding hydrogens is 128 g/mol. The van der Waals surface area contributed by atoms with E-state index in [1.54, 1.807) is 19.5 Å². The molecule has 0 atom stereocenters. The zero-order valence-electron chi connectivity index (χ0n) is 6.03. The maximum Gasteiger partial charge on any atom is 0.231 e. The van der Waals surface area contributed by atoms with Gasteiger partial charge in [0.05, 0.1) is 25.2 Å². The Balaban J connectivity index is 2.80. The Morgan fingerprint density at radius 3 is 2.60 bits per heavy atom. The lowest BCUT2D eigenvalue weighted by Crippen LogP contribution is -1.90. The second kappa shape index (κ2) is 3.15. The first-order chi connectivity index (χ1) is 4.86. The molecular formula is C7H9N2O. The highest BCUT2D eigenvalue weighted by Gasteiger charge is 1.92. The Labute approximate surface area is 60.1 Å². The maximum absolute atomic E-state index is 4.83. The maximum atomic E-state index is 4.83. The minimum atomic E-state index is 0.547. The van der Waals surface area contributed by atoms with Crippen LogP contribution in [0.3, 0.4) is 0 Å². The molecule has 0 spiro atoms. The summed E-state index contributed by atoms with van der Waals surface area (Å²) < 4.78 is 4.83. The van der Waals surface area contributed by atoms with Gasteiger partial charge in [-0.3, -0.25) is 4.98 Å². The second-order valence-corrected chi connectivity index (χ2v) is 1.77. The van der Waals surface area contributed by atoms with Crippen molar-refractivity contribution in [1.82, 2.24) is 9.97 Å². The van der Waals surface area contributed by atoms with Crippen molar-refractivity contribution >= 4 is 0 Å². The molecule has 3 heteroatoms. The number of rotatable bonds is 2. The molecule has 0 saturated heterocycles. The number of ether oxygens (including phenoxy) is 1. The Morgan fingerprint density at radius 2 is 2.20 bits per heavy atom. The van der Waals surface area contributed by atoms with Gasteiger partial charge in [-0.1, -0.05) is 6.92 Å². The first-order valence-corrected chi connectivity index (χ1v) is 3.02. The second-order valence-electron chi connectivity index (χ2n) is 1.77. The number of hydrogen-bond donors (Lipinski definition) is 0. The summed E-state index contributed by atoms with van der Waals surface area (Å²) in [7, 11) is 1.57. The van der Waals surface area contributed by atoms with Gasteiger partial charge in [-0.15, -0.1) is 0 Å². The summed E-state index contributed by atoms with van der Waals surface area (Å²) in [5, 5.41) is 0. The molecule has 0 N–H and O–H groups in total. The normalized spacial score (nSPS) is 9.40. The zero-order chi connectivity index (χ0) is 7.40. The summed E-state index contributed by atoms with van der Waals surface area (Å²) in [6, 6.07) is 0. The van der Waals surface area contributed by atoms with Gasteiger partial charge in [0.1, 0.15) is 0 Å². The highest BCUT2D eigenvalue weighted by atomic mass is 16.5. The molecule has 1 heterocycles. The monoisotopic (exact) mass is 137 g/mol. The molecule has 10 heavy (non-hydrogen) atoms. The minimum Gasteiger partial charge on any atom is -0.480 e. The Hall–Kier alpha value is -1.12. The molecule has 0 saturated carbocycles. The van der Waals surface area contributed by atoms with Crippen LogP contribution in [0.1, 0.15) is 12.6 Å². The van der Waals surface area contributed by atoms with E-state index < -0.39 is 0 Å². The fourth-order valence-electron chi connectivity index (χ4n) is 0.581. The average Bonchev–Trinajstić information content (AvgIpc) is 2.05. The molecule has 0 aliphatic carbocycles. The van der Waals surface area contributed by atoms with Crippen LogP contribution in [0.2, 0.25) is 0 Å². The molecule has 1 rings (SSSR count). The predicted octanol–water partition coefficient (Wildman–Crippen LogP) is 1.06. The molecule has 0 unspecified atom stereocenters. The van der Waals surface area contributed by atoms with Crippen LogP contribution in [0.5, 0.6) is 5.88 Å². The third-order valence-electron chi connectivity index (χ3n) is 1.15. The molecule has 0 aliphatic rings. The fourth-order valence-corrected chi connectivity index (χ4v) is 0.581. The quantitative estimate of drug-likeness (QED) is 0.611. The zero-order valence-corrected chi connectivity index (χ0v) is 6.03. The van der Waals surface area contributed by atoms with Crippen LogP contribution in [0, 0.1) is 6.42 Å².